The van der Waals surface area contributed by atoms with Crippen LogP contribution in [0.15, 0.2) is 36.4 Å². The zero-order chi connectivity index (χ0) is 15.9. The summed E-state index contributed by atoms with van der Waals surface area (Å²) in [5.74, 6) is -3.93. The number of ether oxygens (including phenoxy) is 1. The first-order chi connectivity index (χ1) is 10.4. The van der Waals surface area contributed by atoms with Gasteiger partial charge in [0.05, 0.1) is 0 Å². The summed E-state index contributed by atoms with van der Waals surface area (Å²) in [6.07, 6.45) is -2.96. The van der Waals surface area contributed by atoms with Crippen LogP contribution in [-0.4, -0.2) is 19.0 Å². The van der Waals surface area contributed by atoms with Crippen molar-refractivity contribution in [1.82, 2.24) is 0 Å². The van der Waals surface area contributed by atoms with Crippen molar-refractivity contribution in [3.05, 3.63) is 53.1 Å². The van der Waals surface area contributed by atoms with E-state index in [9.17, 15) is 17.6 Å². The molecule has 0 N–H and O–H groups in total. The molecule has 0 saturated carbocycles. The van der Waals surface area contributed by atoms with Gasteiger partial charge in [-0.3, -0.25) is 0 Å². The zero-order valence-corrected chi connectivity index (χ0v) is 11.9. The van der Waals surface area contributed by atoms with Gasteiger partial charge in [0.1, 0.15) is 5.75 Å². The fourth-order valence-corrected chi connectivity index (χ4v) is 2.79. The van der Waals surface area contributed by atoms with Crippen molar-refractivity contribution in [1.29, 1.82) is 0 Å². The average Bonchev–Trinajstić information content (AvgIpc) is 2.85. The van der Waals surface area contributed by atoms with E-state index in [1.807, 2.05) is 24.3 Å². The fraction of sp³-hybridized carbons (Fsp3) is 0.294. The lowest BCUT2D eigenvalue weighted by atomic mass is 10.00. The molecule has 0 aliphatic heterocycles. The van der Waals surface area contributed by atoms with Crippen molar-refractivity contribution in [2.75, 3.05) is 6.61 Å². The summed E-state index contributed by atoms with van der Waals surface area (Å²) in [5, 5.41) is 0. The normalized spacial score (nSPS) is 13.2. The molecule has 0 unspecified atom stereocenters. The van der Waals surface area contributed by atoms with Gasteiger partial charge in [-0.15, -0.1) is 0 Å². The van der Waals surface area contributed by atoms with Crippen LogP contribution in [-0.2, 0) is 6.42 Å². The summed E-state index contributed by atoms with van der Waals surface area (Å²) < 4.78 is 55.4. The maximum absolute atomic E-state index is 13.0. The van der Waals surface area contributed by atoms with Crippen LogP contribution in [0.3, 0.4) is 0 Å². The first-order valence-electron chi connectivity index (χ1n) is 6.89. The minimum absolute atomic E-state index is 0.218. The summed E-state index contributed by atoms with van der Waals surface area (Å²) in [5.41, 5.74) is 4.95. The number of halogens is 4. The maximum atomic E-state index is 13.0. The van der Waals surface area contributed by atoms with E-state index < -0.39 is 19.0 Å². The molecule has 116 valence electrons. The van der Waals surface area contributed by atoms with Gasteiger partial charge in [-0.25, -0.2) is 8.78 Å². The van der Waals surface area contributed by atoms with Crippen molar-refractivity contribution < 1.29 is 22.3 Å². The van der Waals surface area contributed by atoms with Crippen molar-refractivity contribution >= 4 is 0 Å². The van der Waals surface area contributed by atoms with Crippen LogP contribution in [0.1, 0.15) is 16.7 Å². The highest BCUT2D eigenvalue weighted by molar-refractivity contribution is 5.81. The van der Waals surface area contributed by atoms with Crippen molar-refractivity contribution in [3.63, 3.8) is 0 Å². The summed E-state index contributed by atoms with van der Waals surface area (Å²) in [6, 6.07) is 11.2. The minimum atomic E-state index is -4.15. The molecule has 0 heterocycles. The second-order valence-corrected chi connectivity index (χ2v) is 5.41. The van der Waals surface area contributed by atoms with Gasteiger partial charge in [0.15, 0.2) is 6.61 Å². The van der Waals surface area contributed by atoms with E-state index in [2.05, 4.69) is 0 Å². The summed E-state index contributed by atoms with van der Waals surface area (Å²) >= 11 is 0. The molecule has 1 nitrogen and oxygen atoms in total. The van der Waals surface area contributed by atoms with E-state index in [1.165, 1.54) is 0 Å². The maximum Gasteiger partial charge on any atom is 0.340 e. The number of benzene rings is 2. The Morgan fingerprint density at radius 2 is 1.82 bits per heavy atom. The quantitative estimate of drug-likeness (QED) is 0.626. The zero-order valence-electron chi connectivity index (χ0n) is 11.9. The molecule has 5 heteroatoms. The Labute approximate surface area is 125 Å². The fourth-order valence-electron chi connectivity index (χ4n) is 2.79. The Balaban J connectivity index is 1.91. The van der Waals surface area contributed by atoms with E-state index in [4.69, 9.17) is 4.74 Å². The number of hydrogen-bond donors (Lipinski definition) is 0. The molecule has 0 aromatic heterocycles. The number of hydrogen-bond acceptors (Lipinski definition) is 1. The second kappa shape index (κ2) is 5.30. The molecule has 0 radical (unpaired) electrons. The highest BCUT2D eigenvalue weighted by atomic mass is 19.3. The summed E-state index contributed by atoms with van der Waals surface area (Å²) in [4.78, 5) is 0. The first kappa shape index (κ1) is 14.9. The molecule has 0 bridgehead atoms. The predicted molar refractivity (Wildman–Crippen MR) is 75.9 cm³/mol. The SMILES string of the molecule is Cc1c(OCC(F)(F)C(F)F)ccc2c1-c1ccccc1C2. The van der Waals surface area contributed by atoms with Gasteiger partial charge in [0, 0.05) is 0 Å². The summed E-state index contributed by atoms with van der Waals surface area (Å²) in [6.45, 7) is 0.433. The Morgan fingerprint density at radius 3 is 2.55 bits per heavy atom. The largest absolute Gasteiger partial charge is 0.487 e. The number of rotatable bonds is 4. The van der Waals surface area contributed by atoms with Crippen LogP contribution >= 0.6 is 0 Å². The molecule has 3 rings (SSSR count). The van der Waals surface area contributed by atoms with E-state index in [1.54, 1.807) is 19.1 Å². The molecule has 0 fully saturated rings. The molecule has 22 heavy (non-hydrogen) atoms. The van der Waals surface area contributed by atoms with Gasteiger partial charge in [0.25, 0.3) is 0 Å². The minimum Gasteiger partial charge on any atom is -0.487 e. The third kappa shape index (κ3) is 2.45. The van der Waals surface area contributed by atoms with E-state index in [0.717, 1.165) is 28.7 Å². The van der Waals surface area contributed by atoms with Gasteiger partial charge >= 0.3 is 12.3 Å². The Bertz CT molecular complexity index is 710. The van der Waals surface area contributed by atoms with Crippen molar-refractivity contribution in [3.8, 4) is 16.9 Å². The molecule has 0 amide bonds. The Hall–Kier alpha value is -2.04. The van der Waals surface area contributed by atoms with Crippen LogP contribution in [0.25, 0.3) is 11.1 Å². The molecule has 2 aromatic rings. The van der Waals surface area contributed by atoms with Crippen LogP contribution in [0, 0.1) is 6.92 Å². The van der Waals surface area contributed by atoms with E-state index in [0.29, 0.717) is 5.56 Å². The van der Waals surface area contributed by atoms with Gasteiger partial charge in [-0.2, -0.15) is 8.78 Å². The lowest BCUT2D eigenvalue weighted by Gasteiger charge is -2.18. The highest BCUT2D eigenvalue weighted by Gasteiger charge is 2.42. The topological polar surface area (TPSA) is 9.23 Å². The third-order valence-electron chi connectivity index (χ3n) is 3.91. The molecule has 0 spiro atoms. The predicted octanol–water partition coefficient (Wildman–Crippen LogP) is 4.85. The first-order valence-corrected chi connectivity index (χ1v) is 6.89. The average molecular weight is 310 g/mol. The smallest absolute Gasteiger partial charge is 0.340 e. The second-order valence-electron chi connectivity index (χ2n) is 5.41. The molecule has 1 aliphatic rings. The molecule has 2 aromatic carbocycles. The lowest BCUT2D eigenvalue weighted by molar-refractivity contribution is -0.148. The van der Waals surface area contributed by atoms with Gasteiger partial charge in [-0.1, -0.05) is 30.3 Å². The summed E-state index contributed by atoms with van der Waals surface area (Å²) in [7, 11) is 0. The molecular weight excluding hydrogens is 296 g/mol. The van der Waals surface area contributed by atoms with Crippen molar-refractivity contribution in [2.45, 2.75) is 25.7 Å². The van der Waals surface area contributed by atoms with Gasteiger partial charge in [-0.05, 0) is 47.2 Å². The van der Waals surface area contributed by atoms with Crippen LogP contribution < -0.4 is 4.74 Å². The van der Waals surface area contributed by atoms with Crippen LogP contribution in [0.2, 0.25) is 0 Å². The number of fused-ring (bicyclic) bond motifs is 3. The highest BCUT2D eigenvalue weighted by Crippen LogP contribution is 2.42. The van der Waals surface area contributed by atoms with Crippen LogP contribution in [0.4, 0.5) is 17.6 Å². The number of alkyl halides is 4. The molecule has 1 aliphatic carbocycles. The van der Waals surface area contributed by atoms with E-state index in [-0.39, 0.29) is 5.75 Å². The third-order valence-corrected chi connectivity index (χ3v) is 3.91. The van der Waals surface area contributed by atoms with Crippen molar-refractivity contribution in [2.24, 2.45) is 0 Å². The van der Waals surface area contributed by atoms with Gasteiger partial charge < -0.3 is 4.74 Å². The monoisotopic (exact) mass is 310 g/mol. The molecule has 0 atom stereocenters. The van der Waals surface area contributed by atoms with Crippen LogP contribution in [0.5, 0.6) is 5.75 Å². The lowest BCUT2D eigenvalue weighted by Crippen LogP contribution is -2.33. The molecule has 0 saturated heterocycles. The molecular formula is C17H14F4O. The Kier molecular flexibility index (Phi) is 3.59. The van der Waals surface area contributed by atoms with E-state index >= 15 is 0 Å². The Morgan fingerprint density at radius 1 is 1.09 bits per heavy atom. The standard InChI is InChI=1S/C17H14F4O/c1-10-14(22-9-17(20,21)16(18)19)7-6-12-8-11-4-2-3-5-13(11)15(10)12/h2-7,16H,8-9H2,1H3. The van der Waals surface area contributed by atoms with Gasteiger partial charge in [0.2, 0.25) is 0 Å².